The largest absolute Gasteiger partial charge is 0.387 e. The fraction of sp³-hybridized carbons (Fsp3) is 0.214. The summed E-state index contributed by atoms with van der Waals surface area (Å²) in [6, 6.07) is 11.0. The molecule has 0 saturated heterocycles. The number of benzene rings is 1. The molecule has 94 valence electrons. The van der Waals surface area contributed by atoms with Crippen molar-refractivity contribution in [2.75, 3.05) is 6.54 Å². The van der Waals surface area contributed by atoms with Crippen LogP contribution in [0.15, 0.2) is 42.6 Å². The van der Waals surface area contributed by atoms with Gasteiger partial charge in [-0.3, -0.25) is 4.79 Å². The molecule has 4 nitrogen and oxygen atoms in total. The lowest BCUT2D eigenvalue weighted by molar-refractivity contribution is 0.0911. The predicted molar refractivity (Wildman–Crippen MR) is 69.3 cm³/mol. The summed E-state index contributed by atoms with van der Waals surface area (Å²) < 4.78 is 0. The number of hydrogen-bond donors (Lipinski definition) is 3. The highest BCUT2D eigenvalue weighted by Crippen LogP contribution is 2.16. The van der Waals surface area contributed by atoms with Crippen LogP contribution < -0.4 is 5.32 Å². The van der Waals surface area contributed by atoms with Gasteiger partial charge in [-0.05, 0) is 30.2 Å². The summed E-state index contributed by atoms with van der Waals surface area (Å²) in [6.45, 7) is 2.13. The van der Waals surface area contributed by atoms with Gasteiger partial charge in [-0.15, -0.1) is 0 Å². The molecule has 1 aromatic heterocycles. The van der Waals surface area contributed by atoms with E-state index in [2.05, 4.69) is 10.3 Å². The van der Waals surface area contributed by atoms with Crippen molar-refractivity contribution in [2.24, 2.45) is 0 Å². The molecule has 0 aliphatic heterocycles. The van der Waals surface area contributed by atoms with Gasteiger partial charge in [0.2, 0.25) is 0 Å². The van der Waals surface area contributed by atoms with E-state index in [1.54, 1.807) is 18.3 Å². The topological polar surface area (TPSA) is 65.1 Å². The molecule has 0 spiro atoms. The average Bonchev–Trinajstić information content (AvgIpc) is 2.90. The standard InChI is InChI=1S/C14H16N2O2/c1-10-5-2-3-6-11(10)13(17)9-16-14(18)12-7-4-8-15-12/h2-8,13,15,17H,9H2,1H3,(H,16,18). The molecule has 4 heteroatoms. The van der Waals surface area contributed by atoms with E-state index >= 15 is 0 Å². The zero-order chi connectivity index (χ0) is 13.0. The molecule has 0 fully saturated rings. The lowest BCUT2D eigenvalue weighted by Gasteiger charge is -2.14. The van der Waals surface area contributed by atoms with Crippen LogP contribution >= 0.6 is 0 Å². The van der Waals surface area contributed by atoms with Crippen LogP contribution in [0.1, 0.15) is 27.7 Å². The molecule has 3 N–H and O–H groups in total. The van der Waals surface area contributed by atoms with E-state index in [1.165, 1.54) is 0 Å². The van der Waals surface area contributed by atoms with E-state index in [-0.39, 0.29) is 12.5 Å². The second kappa shape index (κ2) is 5.51. The van der Waals surface area contributed by atoms with Crippen molar-refractivity contribution in [3.8, 4) is 0 Å². The summed E-state index contributed by atoms with van der Waals surface area (Å²) in [7, 11) is 0. The summed E-state index contributed by atoms with van der Waals surface area (Å²) in [6.07, 6.45) is 0.997. The number of aliphatic hydroxyl groups excluding tert-OH is 1. The maximum Gasteiger partial charge on any atom is 0.267 e. The Balaban J connectivity index is 1.95. The van der Waals surface area contributed by atoms with Crippen molar-refractivity contribution in [3.05, 3.63) is 59.4 Å². The number of H-pyrrole nitrogens is 1. The number of aryl methyl sites for hydroxylation is 1. The number of aliphatic hydroxyl groups is 1. The van der Waals surface area contributed by atoms with E-state index in [0.717, 1.165) is 11.1 Å². The van der Waals surface area contributed by atoms with Gasteiger partial charge in [0, 0.05) is 12.7 Å². The number of aromatic amines is 1. The summed E-state index contributed by atoms with van der Waals surface area (Å²) in [5.74, 6) is -0.215. The first kappa shape index (κ1) is 12.4. The third-order valence-corrected chi connectivity index (χ3v) is 2.85. The molecular weight excluding hydrogens is 228 g/mol. The zero-order valence-electron chi connectivity index (χ0n) is 10.2. The molecule has 18 heavy (non-hydrogen) atoms. The molecule has 0 aliphatic carbocycles. The first-order valence-corrected chi connectivity index (χ1v) is 5.83. The summed E-state index contributed by atoms with van der Waals surface area (Å²) in [5, 5.41) is 12.7. The van der Waals surface area contributed by atoms with Gasteiger partial charge in [-0.1, -0.05) is 24.3 Å². The molecule has 2 aromatic rings. The van der Waals surface area contributed by atoms with Crippen LogP contribution in [0.2, 0.25) is 0 Å². The Hall–Kier alpha value is -2.07. The van der Waals surface area contributed by atoms with Gasteiger partial charge < -0.3 is 15.4 Å². The minimum atomic E-state index is -0.690. The molecule has 0 radical (unpaired) electrons. The monoisotopic (exact) mass is 244 g/mol. The molecule has 2 rings (SSSR count). The lowest BCUT2D eigenvalue weighted by Crippen LogP contribution is -2.28. The van der Waals surface area contributed by atoms with Gasteiger partial charge in [-0.2, -0.15) is 0 Å². The number of aromatic nitrogens is 1. The number of amides is 1. The fourth-order valence-electron chi connectivity index (χ4n) is 1.83. The molecular formula is C14H16N2O2. The third kappa shape index (κ3) is 2.78. The predicted octanol–water partition coefficient (Wildman–Crippen LogP) is 1.79. The van der Waals surface area contributed by atoms with Gasteiger partial charge in [0.1, 0.15) is 5.69 Å². The number of rotatable bonds is 4. The molecule has 1 heterocycles. The van der Waals surface area contributed by atoms with Gasteiger partial charge in [0.25, 0.3) is 5.91 Å². The van der Waals surface area contributed by atoms with Crippen molar-refractivity contribution >= 4 is 5.91 Å². The summed E-state index contributed by atoms with van der Waals surface area (Å²) in [4.78, 5) is 14.5. The summed E-state index contributed by atoms with van der Waals surface area (Å²) in [5.41, 5.74) is 2.34. The molecule has 1 unspecified atom stereocenters. The average molecular weight is 244 g/mol. The Kier molecular flexibility index (Phi) is 3.79. The van der Waals surface area contributed by atoms with Crippen LogP contribution in [0.3, 0.4) is 0 Å². The highest BCUT2D eigenvalue weighted by molar-refractivity contribution is 5.92. The maximum absolute atomic E-state index is 11.7. The molecule has 1 atom stereocenters. The molecule has 1 aromatic carbocycles. The van der Waals surface area contributed by atoms with Crippen molar-refractivity contribution in [1.29, 1.82) is 0 Å². The van der Waals surface area contributed by atoms with Crippen LogP contribution in [0.4, 0.5) is 0 Å². The van der Waals surface area contributed by atoms with Crippen molar-refractivity contribution in [3.63, 3.8) is 0 Å². The van der Waals surface area contributed by atoms with E-state index in [1.807, 2.05) is 31.2 Å². The van der Waals surface area contributed by atoms with Crippen LogP contribution in [-0.2, 0) is 0 Å². The van der Waals surface area contributed by atoms with Gasteiger partial charge in [0.15, 0.2) is 0 Å². The minimum absolute atomic E-state index is 0.197. The summed E-state index contributed by atoms with van der Waals surface area (Å²) >= 11 is 0. The second-order valence-electron chi connectivity index (χ2n) is 4.17. The third-order valence-electron chi connectivity index (χ3n) is 2.85. The molecule has 1 amide bonds. The van der Waals surface area contributed by atoms with E-state index < -0.39 is 6.10 Å². The van der Waals surface area contributed by atoms with Crippen LogP contribution in [-0.4, -0.2) is 22.5 Å². The molecule has 0 bridgehead atoms. The quantitative estimate of drug-likeness (QED) is 0.767. The van der Waals surface area contributed by atoms with Crippen molar-refractivity contribution < 1.29 is 9.90 Å². The second-order valence-corrected chi connectivity index (χ2v) is 4.17. The first-order chi connectivity index (χ1) is 8.68. The van der Waals surface area contributed by atoms with E-state index in [9.17, 15) is 9.90 Å². The Morgan fingerprint density at radius 2 is 2.11 bits per heavy atom. The smallest absolute Gasteiger partial charge is 0.267 e. The zero-order valence-corrected chi connectivity index (χ0v) is 10.2. The minimum Gasteiger partial charge on any atom is -0.387 e. The van der Waals surface area contributed by atoms with Gasteiger partial charge in [-0.25, -0.2) is 0 Å². The normalized spacial score (nSPS) is 12.1. The van der Waals surface area contributed by atoms with Crippen molar-refractivity contribution in [2.45, 2.75) is 13.0 Å². The highest BCUT2D eigenvalue weighted by Gasteiger charge is 2.12. The Morgan fingerprint density at radius 3 is 2.78 bits per heavy atom. The van der Waals surface area contributed by atoms with Crippen molar-refractivity contribution in [1.82, 2.24) is 10.3 Å². The number of hydrogen-bond acceptors (Lipinski definition) is 2. The molecule has 0 aliphatic rings. The fourth-order valence-corrected chi connectivity index (χ4v) is 1.83. The first-order valence-electron chi connectivity index (χ1n) is 5.83. The molecule has 0 saturated carbocycles. The Labute approximate surface area is 106 Å². The Bertz CT molecular complexity index is 520. The van der Waals surface area contributed by atoms with Crippen LogP contribution in [0.25, 0.3) is 0 Å². The number of nitrogens with one attached hydrogen (secondary N) is 2. The number of carbonyl (C=O) groups is 1. The SMILES string of the molecule is Cc1ccccc1C(O)CNC(=O)c1ccc[nH]1. The maximum atomic E-state index is 11.7. The van der Waals surface area contributed by atoms with E-state index in [0.29, 0.717) is 5.69 Å². The van der Waals surface area contributed by atoms with E-state index in [4.69, 9.17) is 0 Å². The van der Waals surface area contributed by atoms with Gasteiger partial charge in [0.05, 0.1) is 6.10 Å². The highest BCUT2D eigenvalue weighted by atomic mass is 16.3. The number of carbonyl (C=O) groups excluding carboxylic acids is 1. The lowest BCUT2D eigenvalue weighted by atomic mass is 10.0. The Morgan fingerprint density at radius 1 is 1.33 bits per heavy atom. The van der Waals surface area contributed by atoms with Crippen LogP contribution in [0, 0.1) is 6.92 Å². The van der Waals surface area contributed by atoms with Gasteiger partial charge >= 0.3 is 0 Å². The van der Waals surface area contributed by atoms with Crippen LogP contribution in [0.5, 0.6) is 0 Å².